The van der Waals surface area contributed by atoms with E-state index in [1.807, 2.05) is 6.92 Å². The Bertz CT molecular complexity index is 258. The third-order valence-corrected chi connectivity index (χ3v) is 2.31. The van der Waals surface area contributed by atoms with E-state index in [1.54, 1.807) is 20.8 Å². The molecule has 0 aliphatic rings. The Morgan fingerprint density at radius 1 is 1.35 bits per heavy atom. The summed E-state index contributed by atoms with van der Waals surface area (Å²) in [4.78, 5) is 22.6. The molecule has 2 N–H and O–H groups in total. The molecule has 0 rings (SSSR count). The molecular weight excluding hydrogens is 222 g/mol. The van der Waals surface area contributed by atoms with Crippen LogP contribution >= 0.6 is 0 Å². The van der Waals surface area contributed by atoms with E-state index in [-0.39, 0.29) is 5.91 Å². The SMILES string of the molecule is CCOCCCC(=O)N[C@H](C(=O)O)C(C)(C)C. The minimum atomic E-state index is -1.00. The molecule has 0 saturated carbocycles. The minimum absolute atomic E-state index is 0.243. The summed E-state index contributed by atoms with van der Waals surface area (Å²) in [5.74, 6) is -1.25. The van der Waals surface area contributed by atoms with Crippen LogP contribution in [0.25, 0.3) is 0 Å². The monoisotopic (exact) mass is 245 g/mol. The van der Waals surface area contributed by atoms with Crippen molar-refractivity contribution in [3.63, 3.8) is 0 Å². The lowest BCUT2D eigenvalue weighted by atomic mass is 9.86. The molecule has 0 fully saturated rings. The van der Waals surface area contributed by atoms with Gasteiger partial charge in [0, 0.05) is 19.6 Å². The highest BCUT2D eigenvalue weighted by Gasteiger charge is 2.32. The van der Waals surface area contributed by atoms with Crippen molar-refractivity contribution in [2.45, 2.75) is 46.6 Å². The van der Waals surface area contributed by atoms with Gasteiger partial charge in [0.15, 0.2) is 0 Å². The molecule has 100 valence electrons. The number of carbonyl (C=O) groups excluding carboxylic acids is 1. The number of aliphatic carboxylic acids is 1. The predicted molar refractivity (Wildman–Crippen MR) is 64.7 cm³/mol. The second-order valence-corrected chi connectivity index (χ2v) is 5.01. The normalized spacial score (nSPS) is 13.2. The first kappa shape index (κ1) is 15.9. The van der Waals surface area contributed by atoms with E-state index in [9.17, 15) is 9.59 Å². The lowest BCUT2D eigenvalue weighted by Gasteiger charge is -2.27. The van der Waals surface area contributed by atoms with E-state index in [0.29, 0.717) is 26.1 Å². The van der Waals surface area contributed by atoms with Gasteiger partial charge in [0.2, 0.25) is 5.91 Å². The van der Waals surface area contributed by atoms with Crippen molar-refractivity contribution in [1.82, 2.24) is 5.32 Å². The fraction of sp³-hybridized carbons (Fsp3) is 0.833. The molecule has 17 heavy (non-hydrogen) atoms. The number of carboxylic acids is 1. The van der Waals surface area contributed by atoms with Gasteiger partial charge >= 0.3 is 5.97 Å². The largest absolute Gasteiger partial charge is 0.480 e. The summed E-state index contributed by atoms with van der Waals surface area (Å²) in [5.41, 5.74) is -0.499. The van der Waals surface area contributed by atoms with E-state index in [4.69, 9.17) is 9.84 Å². The lowest BCUT2D eigenvalue weighted by molar-refractivity contribution is -0.145. The number of carbonyl (C=O) groups is 2. The standard InChI is InChI=1S/C12H23NO4/c1-5-17-8-6-7-9(14)13-10(11(15)16)12(2,3)4/h10H,5-8H2,1-4H3,(H,13,14)(H,15,16)/t10-/m1/s1. The molecule has 0 aliphatic heterocycles. The molecule has 0 radical (unpaired) electrons. The molecule has 0 unspecified atom stereocenters. The highest BCUT2D eigenvalue weighted by molar-refractivity contribution is 5.84. The Morgan fingerprint density at radius 3 is 2.35 bits per heavy atom. The Hall–Kier alpha value is -1.10. The molecule has 0 aromatic heterocycles. The molecule has 0 aromatic rings. The highest BCUT2D eigenvalue weighted by atomic mass is 16.5. The zero-order valence-electron chi connectivity index (χ0n) is 11.1. The number of amides is 1. The number of ether oxygens (including phenoxy) is 1. The summed E-state index contributed by atoms with van der Waals surface area (Å²) in [7, 11) is 0. The molecule has 0 aromatic carbocycles. The zero-order chi connectivity index (χ0) is 13.5. The van der Waals surface area contributed by atoms with Crippen molar-refractivity contribution < 1.29 is 19.4 Å². The van der Waals surface area contributed by atoms with Crippen molar-refractivity contribution in [1.29, 1.82) is 0 Å². The molecule has 0 heterocycles. The van der Waals surface area contributed by atoms with Crippen molar-refractivity contribution in [3.05, 3.63) is 0 Å². The van der Waals surface area contributed by atoms with E-state index >= 15 is 0 Å². The van der Waals surface area contributed by atoms with Gasteiger partial charge in [0.25, 0.3) is 0 Å². The molecule has 1 atom stereocenters. The van der Waals surface area contributed by atoms with Crippen LogP contribution in [-0.2, 0) is 14.3 Å². The Labute approximate surface area is 103 Å². The molecule has 0 aliphatic carbocycles. The second-order valence-electron chi connectivity index (χ2n) is 5.01. The first-order valence-corrected chi connectivity index (χ1v) is 5.89. The summed E-state index contributed by atoms with van der Waals surface area (Å²) < 4.78 is 5.11. The van der Waals surface area contributed by atoms with Gasteiger partial charge in [-0.3, -0.25) is 4.79 Å². The average Bonchev–Trinajstić information content (AvgIpc) is 2.19. The molecule has 5 heteroatoms. The third kappa shape index (κ3) is 6.94. The maximum atomic E-state index is 11.5. The van der Waals surface area contributed by atoms with Crippen LogP contribution in [0.4, 0.5) is 0 Å². The number of nitrogens with one attached hydrogen (secondary N) is 1. The average molecular weight is 245 g/mol. The second kappa shape index (κ2) is 7.27. The predicted octanol–water partition coefficient (Wildman–Crippen LogP) is 1.42. The molecule has 1 amide bonds. The topological polar surface area (TPSA) is 75.6 Å². The molecular formula is C12H23NO4. The first-order valence-electron chi connectivity index (χ1n) is 5.89. The van der Waals surface area contributed by atoms with Gasteiger partial charge in [0.1, 0.15) is 6.04 Å². The van der Waals surface area contributed by atoms with Crippen LogP contribution in [0.3, 0.4) is 0 Å². The number of rotatable bonds is 7. The van der Waals surface area contributed by atoms with Crippen LogP contribution in [0.5, 0.6) is 0 Å². The first-order chi connectivity index (χ1) is 7.79. The van der Waals surface area contributed by atoms with E-state index in [0.717, 1.165) is 0 Å². The Balaban J connectivity index is 4.11. The van der Waals surface area contributed by atoms with Crippen LogP contribution in [0, 0.1) is 5.41 Å². The summed E-state index contributed by atoms with van der Waals surface area (Å²) in [6, 6.07) is -0.859. The Morgan fingerprint density at radius 2 is 1.94 bits per heavy atom. The van der Waals surface area contributed by atoms with Gasteiger partial charge in [0.05, 0.1) is 0 Å². The van der Waals surface area contributed by atoms with E-state index in [1.165, 1.54) is 0 Å². The fourth-order valence-electron chi connectivity index (χ4n) is 1.36. The summed E-state index contributed by atoms with van der Waals surface area (Å²) >= 11 is 0. The smallest absolute Gasteiger partial charge is 0.326 e. The van der Waals surface area contributed by atoms with Crippen molar-refractivity contribution >= 4 is 11.9 Å². The fourth-order valence-corrected chi connectivity index (χ4v) is 1.36. The van der Waals surface area contributed by atoms with Crippen molar-refractivity contribution in [2.75, 3.05) is 13.2 Å². The zero-order valence-corrected chi connectivity index (χ0v) is 11.1. The van der Waals surface area contributed by atoms with Crippen LogP contribution < -0.4 is 5.32 Å². The van der Waals surface area contributed by atoms with Gasteiger partial charge in [-0.05, 0) is 18.8 Å². The third-order valence-electron chi connectivity index (χ3n) is 2.31. The van der Waals surface area contributed by atoms with Crippen LogP contribution in [0.15, 0.2) is 0 Å². The summed E-state index contributed by atoms with van der Waals surface area (Å²) in [6.07, 6.45) is 0.899. The molecule has 5 nitrogen and oxygen atoms in total. The van der Waals surface area contributed by atoms with Crippen molar-refractivity contribution in [3.8, 4) is 0 Å². The maximum Gasteiger partial charge on any atom is 0.326 e. The van der Waals surface area contributed by atoms with Crippen LogP contribution in [0.1, 0.15) is 40.5 Å². The van der Waals surface area contributed by atoms with Crippen LogP contribution in [0.2, 0.25) is 0 Å². The number of carboxylic acid groups (broad SMARTS) is 1. The van der Waals surface area contributed by atoms with E-state index < -0.39 is 17.4 Å². The maximum absolute atomic E-state index is 11.5. The summed E-state index contributed by atoms with van der Waals surface area (Å²) in [6.45, 7) is 8.39. The Kier molecular flexibility index (Phi) is 6.80. The minimum Gasteiger partial charge on any atom is -0.480 e. The van der Waals surface area contributed by atoms with Gasteiger partial charge in [-0.2, -0.15) is 0 Å². The van der Waals surface area contributed by atoms with Gasteiger partial charge in [-0.25, -0.2) is 4.79 Å². The van der Waals surface area contributed by atoms with Crippen LogP contribution in [-0.4, -0.2) is 36.2 Å². The molecule has 0 bridgehead atoms. The molecule has 0 spiro atoms. The highest BCUT2D eigenvalue weighted by Crippen LogP contribution is 2.19. The molecule has 0 saturated heterocycles. The van der Waals surface area contributed by atoms with Gasteiger partial charge in [-0.1, -0.05) is 20.8 Å². The van der Waals surface area contributed by atoms with Gasteiger partial charge < -0.3 is 15.2 Å². The van der Waals surface area contributed by atoms with E-state index in [2.05, 4.69) is 5.32 Å². The number of hydrogen-bond acceptors (Lipinski definition) is 3. The quantitative estimate of drug-likeness (QED) is 0.665. The lowest BCUT2D eigenvalue weighted by Crippen LogP contribution is -2.49. The van der Waals surface area contributed by atoms with Gasteiger partial charge in [-0.15, -0.1) is 0 Å². The van der Waals surface area contributed by atoms with Crippen molar-refractivity contribution in [2.24, 2.45) is 5.41 Å². The number of hydrogen-bond donors (Lipinski definition) is 2. The summed E-state index contributed by atoms with van der Waals surface area (Å²) in [5, 5.41) is 11.6.